The molecule has 0 spiro atoms. The first-order valence-corrected chi connectivity index (χ1v) is 8.01. The quantitative estimate of drug-likeness (QED) is 0.880. The van der Waals surface area contributed by atoms with Gasteiger partial charge in [0.25, 0.3) is 0 Å². The number of aliphatic hydroxyl groups excluding tert-OH is 1. The Morgan fingerprint density at radius 2 is 2.18 bits per heavy atom. The molecule has 1 aromatic carbocycles. The second-order valence-electron chi connectivity index (χ2n) is 5.54. The summed E-state index contributed by atoms with van der Waals surface area (Å²) in [6.07, 6.45) is 0.468. The van der Waals surface area contributed by atoms with E-state index in [-0.39, 0.29) is 17.7 Å². The highest BCUT2D eigenvalue weighted by Gasteiger charge is 2.23. The molecule has 0 radical (unpaired) electrons. The van der Waals surface area contributed by atoms with E-state index in [1.165, 1.54) is 30.4 Å². The van der Waals surface area contributed by atoms with Crippen LogP contribution in [0.4, 0.5) is 4.39 Å². The molecule has 1 aliphatic rings. The van der Waals surface area contributed by atoms with Gasteiger partial charge in [-0.25, -0.2) is 9.37 Å². The largest absolute Gasteiger partial charge is 0.392 e. The summed E-state index contributed by atoms with van der Waals surface area (Å²) < 4.78 is 13.1. The van der Waals surface area contributed by atoms with Crippen molar-refractivity contribution in [3.8, 4) is 10.4 Å². The number of halogens is 1. The number of carbonyl (C=O) groups is 1. The molecule has 2 heterocycles. The van der Waals surface area contributed by atoms with Crippen molar-refractivity contribution in [1.29, 1.82) is 0 Å². The number of aromatic nitrogens is 1. The second-order valence-corrected chi connectivity index (χ2v) is 6.53. The van der Waals surface area contributed by atoms with Gasteiger partial charge in [-0.15, -0.1) is 11.3 Å². The fraction of sp³-hybridized carbons (Fsp3) is 0.375. The Morgan fingerprint density at radius 1 is 1.45 bits per heavy atom. The molecule has 116 valence electrons. The van der Waals surface area contributed by atoms with Crippen LogP contribution in [-0.4, -0.2) is 40.0 Å². The van der Waals surface area contributed by atoms with E-state index in [1.54, 1.807) is 12.1 Å². The maximum absolute atomic E-state index is 13.1. The minimum Gasteiger partial charge on any atom is -0.392 e. The average molecular weight is 320 g/mol. The van der Waals surface area contributed by atoms with Gasteiger partial charge < -0.3 is 5.11 Å². The normalized spacial score (nSPS) is 18.8. The number of Topliss-reactive ketones (excluding diaryl/α,β-unsaturated/α-hetero) is 1. The number of rotatable bonds is 4. The van der Waals surface area contributed by atoms with Crippen LogP contribution in [0.25, 0.3) is 10.4 Å². The van der Waals surface area contributed by atoms with Gasteiger partial charge in [0.2, 0.25) is 0 Å². The maximum Gasteiger partial charge on any atom is 0.188 e. The van der Waals surface area contributed by atoms with Crippen LogP contribution in [-0.2, 0) is 6.54 Å². The number of β-amino-alcohol motifs (C(OH)–C–C–N with tert-alkyl or cyclic N) is 1. The molecule has 1 unspecified atom stereocenters. The smallest absolute Gasteiger partial charge is 0.188 e. The first kappa shape index (κ1) is 15.3. The van der Waals surface area contributed by atoms with Crippen molar-refractivity contribution in [3.05, 3.63) is 40.8 Å². The summed E-state index contributed by atoms with van der Waals surface area (Å²) in [6, 6.07) is 6.22. The first-order valence-electron chi connectivity index (χ1n) is 7.20. The number of hydrogen-bond donors (Lipinski definition) is 1. The summed E-state index contributed by atoms with van der Waals surface area (Å²) in [7, 11) is 0. The molecule has 1 N–H and O–H groups in total. The van der Waals surface area contributed by atoms with E-state index < -0.39 is 0 Å². The highest BCUT2D eigenvalue weighted by molar-refractivity contribution is 7.17. The number of thiazole rings is 1. The monoisotopic (exact) mass is 320 g/mol. The number of benzene rings is 1. The second kappa shape index (κ2) is 6.24. The van der Waals surface area contributed by atoms with Gasteiger partial charge in [-0.05, 0) is 24.1 Å². The molecule has 6 heteroatoms. The van der Waals surface area contributed by atoms with Crippen LogP contribution in [0.5, 0.6) is 0 Å². The van der Waals surface area contributed by atoms with E-state index in [0.29, 0.717) is 18.1 Å². The Hall–Kier alpha value is -1.63. The van der Waals surface area contributed by atoms with Gasteiger partial charge in [-0.1, -0.05) is 12.1 Å². The van der Waals surface area contributed by atoms with E-state index in [4.69, 9.17) is 0 Å². The van der Waals surface area contributed by atoms with Gasteiger partial charge >= 0.3 is 0 Å². The third-order valence-electron chi connectivity index (χ3n) is 3.73. The molecule has 4 nitrogen and oxygen atoms in total. The molecule has 1 atom stereocenters. The number of hydrogen-bond acceptors (Lipinski definition) is 5. The summed E-state index contributed by atoms with van der Waals surface area (Å²) >= 11 is 1.34. The molecule has 3 rings (SSSR count). The van der Waals surface area contributed by atoms with Crippen molar-refractivity contribution in [2.45, 2.75) is 26.0 Å². The van der Waals surface area contributed by atoms with Crippen molar-refractivity contribution in [1.82, 2.24) is 9.88 Å². The molecule has 1 fully saturated rings. The summed E-state index contributed by atoms with van der Waals surface area (Å²) in [5.41, 5.74) is 1.68. The third kappa shape index (κ3) is 3.24. The van der Waals surface area contributed by atoms with Crippen molar-refractivity contribution >= 4 is 17.1 Å². The Kier molecular flexibility index (Phi) is 4.33. The van der Waals surface area contributed by atoms with Crippen molar-refractivity contribution in [2.75, 3.05) is 13.1 Å². The van der Waals surface area contributed by atoms with Gasteiger partial charge in [0.1, 0.15) is 5.82 Å². The van der Waals surface area contributed by atoms with Crippen LogP contribution in [0.15, 0.2) is 24.3 Å². The zero-order valence-electron chi connectivity index (χ0n) is 12.3. The highest BCUT2D eigenvalue weighted by atomic mass is 32.1. The molecule has 22 heavy (non-hydrogen) atoms. The SMILES string of the molecule is CC(=O)c1nc(CN2CCC(O)C2)c(-c2ccc(F)cc2)s1. The van der Waals surface area contributed by atoms with Crippen LogP contribution in [0, 0.1) is 5.82 Å². The van der Waals surface area contributed by atoms with E-state index in [0.717, 1.165) is 29.1 Å². The molecule has 1 saturated heterocycles. The third-order valence-corrected chi connectivity index (χ3v) is 4.97. The highest BCUT2D eigenvalue weighted by Crippen LogP contribution is 2.32. The lowest BCUT2D eigenvalue weighted by Crippen LogP contribution is -2.22. The molecule has 1 aromatic heterocycles. The zero-order chi connectivity index (χ0) is 15.7. The minimum absolute atomic E-state index is 0.0685. The number of likely N-dealkylation sites (tertiary alicyclic amines) is 1. The Morgan fingerprint density at radius 3 is 2.77 bits per heavy atom. The van der Waals surface area contributed by atoms with Crippen LogP contribution in [0.3, 0.4) is 0 Å². The molecular formula is C16H17FN2O2S. The van der Waals surface area contributed by atoms with Crippen molar-refractivity contribution in [2.24, 2.45) is 0 Å². The molecule has 0 bridgehead atoms. The summed E-state index contributed by atoms with van der Waals surface area (Å²) in [5.74, 6) is -0.356. The van der Waals surface area contributed by atoms with Crippen LogP contribution in [0.2, 0.25) is 0 Å². The predicted molar refractivity (Wildman–Crippen MR) is 83.4 cm³/mol. The number of ketones is 1. The lowest BCUT2D eigenvalue weighted by molar-refractivity contribution is 0.101. The standard InChI is InChI=1S/C16H17FN2O2S/c1-10(20)16-18-14(9-19-7-6-13(21)8-19)15(22-16)11-2-4-12(17)5-3-11/h2-5,13,21H,6-9H2,1H3. The first-order chi connectivity index (χ1) is 10.5. The topological polar surface area (TPSA) is 53.4 Å². The zero-order valence-corrected chi connectivity index (χ0v) is 13.1. The van der Waals surface area contributed by atoms with Crippen LogP contribution < -0.4 is 0 Å². The van der Waals surface area contributed by atoms with E-state index >= 15 is 0 Å². The summed E-state index contributed by atoms with van der Waals surface area (Å²) in [6.45, 7) is 3.52. The molecule has 1 aliphatic heterocycles. The summed E-state index contributed by atoms with van der Waals surface area (Å²) in [4.78, 5) is 19.1. The number of carbonyl (C=O) groups excluding carboxylic acids is 1. The van der Waals surface area contributed by atoms with Gasteiger partial charge in [0.05, 0.1) is 16.7 Å². The van der Waals surface area contributed by atoms with E-state index in [9.17, 15) is 14.3 Å². The fourth-order valence-electron chi connectivity index (χ4n) is 2.60. The maximum atomic E-state index is 13.1. The fourth-order valence-corrected chi connectivity index (χ4v) is 3.58. The molecule has 0 aliphatic carbocycles. The molecular weight excluding hydrogens is 303 g/mol. The van der Waals surface area contributed by atoms with E-state index in [1.807, 2.05) is 0 Å². The van der Waals surface area contributed by atoms with Gasteiger partial charge in [0, 0.05) is 26.6 Å². The molecule has 2 aromatic rings. The number of aliphatic hydroxyl groups is 1. The van der Waals surface area contributed by atoms with Gasteiger partial charge in [-0.3, -0.25) is 9.69 Å². The molecule has 0 saturated carbocycles. The lowest BCUT2D eigenvalue weighted by Gasteiger charge is -2.14. The number of nitrogens with zero attached hydrogens (tertiary/aromatic N) is 2. The van der Waals surface area contributed by atoms with Gasteiger partial charge in [0.15, 0.2) is 10.8 Å². The summed E-state index contributed by atoms with van der Waals surface area (Å²) in [5, 5.41) is 10.1. The minimum atomic E-state index is -0.291. The Labute approximate surface area is 132 Å². The van der Waals surface area contributed by atoms with Crippen molar-refractivity contribution in [3.63, 3.8) is 0 Å². The average Bonchev–Trinajstić information content (AvgIpc) is 3.07. The Balaban J connectivity index is 1.93. The lowest BCUT2D eigenvalue weighted by atomic mass is 10.1. The predicted octanol–water partition coefficient (Wildman–Crippen LogP) is 2.72. The Bertz CT molecular complexity index is 684. The van der Waals surface area contributed by atoms with Crippen LogP contribution in [0.1, 0.15) is 28.8 Å². The van der Waals surface area contributed by atoms with E-state index in [2.05, 4.69) is 9.88 Å². The van der Waals surface area contributed by atoms with Gasteiger partial charge in [-0.2, -0.15) is 0 Å². The molecule has 0 amide bonds. The van der Waals surface area contributed by atoms with Crippen molar-refractivity contribution < 1.29 is 14.3 Å². The van der Waals surface area contributed by atoms with Crippen LogP contribution >= 0.6 is 11.3 Å².